The van der Waals surface area contributed by atoms with Crippen LogP contribution in [0.5, 0.6) is 0 Å². The number of halogens is 2. The van der Waals surface area contributed by atoms with Gasteiger partial charge in [0.25, 0.3) is 5.56 Å². The van der Waals surface area contributed by atoms with Crippen LogP contribution in [-0.2, 0) is 19.8 Å². The zero-order valence-electron chi connectivity index (χ0n) is 18.2. The number of imidazole rings is 1. The Labute approximate surface area is 198 Å². The first-order valence-corrected chi connectivity index (χ1v) is 11.5. The van der Waals surface area contributed by atoms with Gasteiger partial charge in [-0.2, -0.15) is 0 Å². The summed E-state index contributed by atoms with van der Waals surface area (Å²) >= 11 is 7.66. The highest BCUT2D eigenvalue weighted by molar-refractivity contribution is 7.15. The Morgan fingerprint density at radius 1 is 1.03 bits per heavy atom. The molecule has 0 amide bonds. The number of aryl methyl sites for hydroxylation is 3. The molecule has 0 spiro atoms. The van der Waals surface area contributed by atoms with Gasteiger partial charge in [0.2, 0.25) is 5.67 Å². The van der Waals surface area contributed by atoms with Crippen molar-refractivity contribution >= 4 is 34.0 Å². The quantitative estimate of drug-likeness (QED) is 0.337. The van der Waals surface area contributed by atoms with E-state index < -0.39 is 5.67 Å². The van der Waals surface area contributed by atoms with Crippen LogP contribution < -0.4 is 5.56 Å². The molecule has 1 atom stereocenters. The maximum absolute atomic E-state index is 17.3. The molecule has 0 bridgehead atoms. The van der Waals surface area contributed by atoms with Crippen LogP contribution >= 0.6 is 22.9 Å². The molecule has 4 heterocycles. The van der Waals surface area contributed by atoms with Crippen LogP contribution in [0, 0.1) is 6.92 Å². The Balaban J connectivity index is 1.83. The van der Waals surface area contributed by atoms with E-state index >= 15 is 4.39 Å². The zero-order chi connectivity index (χ0) is 23.3. The van der Waals surface area contributed by atoms with Crippen molar-refractivity contribution in [2.75, 3.05) is 0 Å². The molecule has 1 aromatic carbocycles. The second kappa shape index (κ2) is 7.93. The number of benzene rings is 1. The molecule has 0 saturated carbocycles. The molecular formula is C25H20ClFN4OS. The predicted molar refractivity (Wildman–Crippen MR) is 131 cm³/mol. The lowest BCUT2D eigenvalue weighted by atomic mass is 9.85. The number of fused-ring (bicyclic) bond motifs is 1. The molecule has 0 unspecified atom stereocenters. The van der Waals surface area contributed by atoms with Crippen molar-refractivity contribution in [3.05, 3.63) is 104 Å². The third-order valence-corrected chi connectivity index (χ3v) is 7.17. The monoisotopic (exact) mass is 478 g/mol. The summed E-state index contributed by atoms with van der Waals surface area (Å²) in [5.74, 6) is 0. The van der Waals surface area contributed by atoms with Crippen LogP contribution in [0.4, 0.5) is 4.39 Å². The maximum atomic E-state index is 17.3. The summed E-state index contributed by atoms with van der Waals surface area (Å²) in [5, 5.41) is 1.22. The number of thiophene rings is 1. The summed E-state index contributed by atoms with van der Waals surface area (Å²) in [7, 11) is 3.43. The third kappa shape index (κ3) is 3.48. The first-order chi connectivity index (χ1) is 15.8. The Hall–Kier alpha value is -3.29. The van der Waals surface area contributed by atoms with Gasteiger partial charge >= 0.3 is 0 Å². The molecule has 8 heteroatoms. The lowest BCUT2D eigenvalue weighted by Gasteiger charge is -2.27. The second-order valence-corrected chi connectivity index (χ2v) is 9.74. The Bertz CT molecular complexity index is 1550. The van der Waals surface area contributed by atoms with Crippen LogP contribution in [0.3, 0.4) is 0 Å². The summed E-state index contributed by atoms with van der Waals surface area (Å²) < 4.78 is 20.4. The van der Waals surface area contributed by atoms with E-state index in [4.69, 9.17) is 11.6 Å². The van der Waals surface area contributed by atoms with Gasteiger partial charge in [-0.3, -0.25) is 9.36 Å². The van der Waals surface area contributed by atoms with Gasteiger partial charge in [-0.05, 0) is 42.8 Å². The number of aromatic nitrogens is 4. The molecular weight excluding hydrogens is 459 g/mol. The fraction of sp³-hybridized carbons (Fsp3) is 0.160. The van der Waals surface area contributed by atoms with Gasteiger partial charge in [0, 0.05) is 57.6 Å². The third-order valence-electron chi connectivity index (χ3n) is 5.89. The average Bonchev–Trinajstić information content (AvgIpc) is 3.44. The fourth-order valence-corrected chi connectivity index (χ4v) is 5.15. The molecule has 5 nitrogen and oxygen atoms in total. The van der Waals surface area contributed by atoms with Gasteiger partial charge in [-0.15, -0.1) is 11.3 Å². The van der Waals surface area contributed by atoms with E-state index in [0.29, 0.717) is 32.9 Å². The van der Waals surface area contributed by atoms with Crippen molar-refractivity contribution in [2.24, 2.45) is 14.1 Å². The van der Waals surface area contributed by atoms with Crippen molar-refractivity contribution in [1.29, 1.82) is 0 Å². The SMILES string of the molecule is Cc1ccc(-c2cc(=O)n(C)c3ncc([C@](F)(c4ccc(Cl)cc4)c4cncn4C)cc23)s1. The van der Waals surface area contributed by atoms with Crippen molar-refractivity contribution in [3.8, 4) is 10.4 Å². The van der Waals surface area contributed by atoms with Crippen molar-refractivity contribution < 1.29 is 4.39 Å². The lowest BCUT2D eigenvalue weighted by Crippen LogP contribution is -2.27. The van der Waals surface area contributed by atoms with Crippen LogP contribution in [-0.4, -0.2) is 19.1 Å². The minimum Gasteiger partial charge on any atom is -0.334 e. The summed E-state index contributed by atoms with van der Waals surface area (Å²) in [6.07, 6.45) is 4.58. The molecule has 0 saturated heterocycles. The smallest absolute Gasteiger partial charge is 0.252 e. The highest BCUT2D eigenvalue weighted by atomic mass is 35.5. The summed E-state index contributed by atoms with van der Waals surface area (Å²) in [6.45, 7) is 2.01. The van der Waals surface area contributed by atoms with E-state index in [9.17, 15) is 4.79 Å². The van der Waals surface area contributed by atoms with Gasteiger partial charge in [0.1, 0.15) is 5.65 Å². The highest BCUT2D eigenvalue weighted by Crippen LogP contribution is 2.42. The molecule has 4 aromatic heterocycles. The number of nitrogens with zero attached hydrogens (tertiary/aromatic N) is 4. The van der Waals surface area contributed by atoms with Crippen LogP contribution in [0.15, 0.2) is 72.0 Å². The second-order valence-electron chi connectivity index (χ2n) is 8.02. The first-order valence-electron chi connectivity index (χ1n) is 10.3. The average molecular weight is 479 g/mol. The number of hydrogen-bond donors (Lipinski definition) is 0. The fourth-order valence-electron chi connectivity index (χ4n) is 4.13. The predicted octanol–water partition coefficient (Wildman–Crippen LogP) is 5.62. The largest absolute Gasteiger partial charge is 0.334 e. The standard InChI is InChI=1S/C25H20ClFN4OS/c1-15-4-9-21(33-15)19-11-23(32)31(3)24-20(19)10-17(12-29-24)25(27,22-13-28-14-30(22)2)16-5-7-18(26)8-6-16/h4-14H,1-3H3/t25-/m1/s1. The molecule has 5 rings (SSSR count). The first kappa shape index (κ1) is 21.6. The lowest BCUT2D eigenvalue weighted by molar-refractivity contribution is 0.266. The molecule has 0 fully saturated rings. The van der Waals surface area contributed by atoms with E-state index in [1.807, 2.05) is 19.1 Å². The van der Waals surface area contributed by atoms with Crippen molar-refractivity contribution in [1.82, 2.24) is 19.1 Å². The van der Waals surface area contributed by atoms with Crippen molar-refractivity contribution in [3.63, 3.8) is 0 Å². The molecule has 0 N–H and O–H groups in total. The summed E-state index contributed by atoms with van der Waals surface area (Å²) in [4.78, 5) is 23.4. The number of hydrogen-bond acceptors (Lipinski definition) is 4. The molecule has 0 aliphatic heterocycles. The minimum absolute atomic E-state index is 0.167. The highest BCUT2D eigenvalue weighted by Gasteiger charge is 2.40. The minimum atomic E-state index is -2.03. The van der Waals surface area contributed by atoms with Gasteiger partial charge in [-0.25, -0.2) is 14.4 Å². The van der Waals surface area contributed by atoms with Crippen LogP contribution in [0.25, 0.3) is 21.5 Å². The molecule has 0 aliphatic carbocycles. The molecule has 166 valence electrons. The molecule has 0 aliphatic rings. The van der Waals surface area contributed by atoms with E-state index in [-0.39, 0.29) is 5.56 Å². The zero-order valence-corrected chi connectivity index (χ0v) is 19.8. The van der Waals surface area contributed by atoms with Crippen LogP contribution in [0.1, 0.15) is 21.7 Å². The number of pyridine rings is 2. The van der Waals surface area contributed by atoms with E-state index in [1.54, 1.807) is 72.7 Å². The number of alkyl halides is 1. The maximum Gasteiger partial charge on any atom is 0.252 e. The normalized spacial score (nSPS) is 13.4. The van der Waals surface area contributed by atoms with Gasteiger partial charge < -0.3 is 4.57 Å². The van der Waals surface area contributed by atoms with E-state index in [1.165, 1.54) is 17.0 Å². The van der Waals surface area contributed by atoms with E-state index in [2.05, 4.69) is 9.97 Å². The molecule has 0 radical (unpaired) electrons. The molecule has 5 aromatic rings. The molecule has 33 heavy (non-hydrogen) atoms. The van der Waals surface area contributed by atoms with E-state index in [0.717, 1.165) is 15.3 Å². The van der Waals surface area contributed by atoms with Gasteiger partial charge in [0.05, 0.1) is 18.2 Å². The topological polar surface area (TPSA) is 52.7 Å². The van der Waals surface area contributed by atoms with Gasteiger partial charge in [0.15, 0.2) is 0 Å². The van der Waals surface area contributed by atoms with Gasteiger partial charge in [-0.1, -0.05) is 23.7 Å². The summed E-state index contributed by atoms with van der Waals surface area (Å²) in [5.41, 5.74) is 0.154. The van der Waals surface area contributed by atoms with Crippen molar-refractivity contribution in [2.45, 2.75) is 12.6 Å². The van der Waals surface area contributed by atoms with Crippen LogP contribution in [0.2, 0.25) is 5.02 Å². The Morgan fingerprint density at radius 2 is 1.79 bits per heavy atom. The Kier molecular flexibility index (Phi) is 5.18. The summed E-state index contributed by atoms with van der Waals surface area (Å²) in [6, 6.07) is 14.0. The Morgan fingerprint density at radius 3 is 2.42 bits per heavy atom. The number of rotatable bonds is 4.